The van der Waals surface area contributed by atoms with Crippen molar-refractivity contribution in [1.82, 2.24) is 14.5 Å². The third kappa shape index (κ3) is 3.32. The fourth-order valence-electron chi connectivity index (χ4n) is 2.06. The van der Waals surface area contributed by atoms with Crippen LogP contribution in [0.15, 0.2) is 12.5 Å². The Morgan fingerprint density at radius 1 is 1.31 bits per heavy atom. The Hall–Kier alpha value is -0.870. The maximum atomic E-state index is 5.65. The summed E-state index contributed by atoms with van der Waals surface area (Å²) in [7, 11) is 0. The topological polar surface area (TPSA) is 47.1 Å². The first-order valence-electron chi connectivity index (χ1n) is 6.01. The van der Waals surface area contributed by atoms with Crippen LogP contribution in [0.3, 0.4) is 0 Å². The molecule has 4 nitrogen and oxygen atoms in total. The molecule has 1 heterocycles. The van der Waals surface area contributed by atoms with E-state index in [1.807, 2.05) is 12.5 Å². The van der Waals surface area contributed by atoms with Crippen LogP contribution in [0.2, 0.25) is 0 Å². The minimum absolute atomic E-state index is 0.559. The second-order valence-corrected chi connectivity index (χ2v) is 4.71. The third-order valence-electron chi connectivity index (χ3n) is 2.93. The van der Waals surface area contributed by atoms with Gasteiger partial charge in [0.05, 0.1) is 12.0 Å². The fraction of sp³-hybridized carbons (Fsp3) is 0.750. The van der Waals surface area contributed by atoms with Crippen LogP contribution in [-0.4, -0.2) is 33.1 Å². The lowest BCUT2D eigenvalue weighted by Crippen LogP contribution is -2.39. The van der Waals surface area contributed by atoms with Crippen molar-refractivity contribution in [3.63, 3.8) is 0 Å². The Morgan fingerprint density at radius 3 is 2.44 bits per heavy atom. The molecule has 92 valence electrons. The van der Waals surface area contributed by atoms with Crippen LogP contribution in [0.4, 0.5) is 0 Å². The molecular weight excluding hydrogens is 200 g/mol. The van der Waals surface area contributed by atoms with Crippen molar-refractivity contribution in [2.75, 3.05) is 6.54 Å². The maximum absolute atomic E-state index is 5.65. The average molecular weight is 224 g/mol. The molecule has 0 fully saturated rings. The summed E-state index contributed by atoms with van der Waals surface area (Å²) in [5.74, 6) is 0. The van der Waals surface area contributed by atoms with Gasteiger partial charge in [0.15, 0.2) is 0 Å². The molecule has 0 radical (unpaired) electrons. The monoisotopic (exact) mass is 224 g/mol. The molecule has 0 aliphatic carbocycles. The Morgan fingerprint density at radius 2 is 1.94 bits per heavy atom. The summed E-state index contributed by atoms with van der Waals surface area (Å²) < 4.78 is 2.14. The molecule has 0 spiro atoms. The molecule has 0 aliphatic heterocycles. The minimum Gasteiger partial charge on any atom is -0.332 e. The zero-order valence-electron chi connectivity index (χ0n) is 10.8. The van der Waals surface area contributed by atoms with Gasteiger partial charge in [-0.2, -0.15) is 0 Å². The highest BCUT2D eigenvalue weighted by atomic mass is 15.2. The Kier molecular flexibility index (Phi) is 4.96. The van der Waals surface area contributed by atoms with Crippen LogP contribution in [0, 0.1) is 0 Å². The van der Waals surface area contributed by atoms with Gasteiger partial charge in [-0.1, -0.05) is 0 Å². The van der Waals surface area contributed by atoms with Crippen LogP contribution in [-0.2, 0) is 13.1 Å². The van der Waals surface area contributed by atoms with Gasteiger partial charge in [-0.05, 0) is 27.7 Å². The summed E-state index contributed by atoms with van der Waals surface area (Å²) in [6.07, 6.45) is 3.70. The highest BCUT2D eigenvalue weighted by Crippen LogP contribution is 2.06. The first-order valence-corrected chi connectivity index (χ1v) is 6.01. The van der Waals surface area contributed by atoms with Gasteiger partial charge in [-0.15, -0.1) is 0 Å². The average Bonchev–Trinajstić information content (AvgIpc) is 2.64. The molecule has 4 heteroatoms. The molecule has 0 saturated heterocycles. The van der Waals surface area contributed by atoms with E-state index in [1.165, 1.54) is 0 Å². The number of rotatable bonds is 6. The van der Waals surface area contributed by atoms with Crippen molar-refractivity contribution in [3.05, 3.63) is 18.2 Å². The predicted octanol–water partition coefficient (Wildman–Crippen LogP) is 1.46. The molecule has 2 N–H and O–H groups in total. The lowest BCUT2D eigenvalue weighted by Gasteiger charge is -2.30. The molecule has 1 rings (SSSR count). The van der Waals surface area contributed by atoms with E-state index in [0.29, 0.717) is 18.6 Å². The van der Waals surface area contributed by atoms with Crippen LogP contribution in [0.25, 0.3) is 0 Å². The molecule has 1 aromatic rings. The Bertz CT molecular complexity index is 296. The van der Waals surface area contributed by atoms with Crippen molar-refractivity contribution in [3.8, 4) is 0 Å². The summed E-state index contributed by atoms with van der Waals surface area (Å²) >= 11 is 0. The highest BCUT2D eigenvalue weighted by Gasteiger charge is 2.13. The van der Waals surface area contributed by atoms with Gasteiger partial charge >= 0.3 is 0 Å². The van der Waals surface area contributed by atoms with Gasteiger partial charge in [0.2, 0.25) is 0 Å². The molecule has 0 aliphatic rings. The van der Waals surface area contributed by atoms with E-state index in [0.717, 1.165) is 18.8 Å². The number of nitrogens with zero attached hydrogens (tertiary/aromatic N) is 3. The normalized spacial score (nSPS) is 12.0. The summed E-state index contributed by atoms with van der Waals surface area (Å²) in [5, 5.41) is 0. The summed E-state index contributed by atoms with van der Waals surface area (Å²) in [6, 6.07) is 1.15. The van der Waals surface area contributed by atoms with Gasteiger partial charge in [0.25, 0.3) is 0 Å². The van der Waals surface area contributed by atoms with E-state index >= 15 is 0 Å². The van der Waals surface area contributed by atoms with Crippen LogP contribution in [0.1, 0.15) is 33.4 Å². The lowest BCUT2D eigenvalue weighted by atomic mass is 10.2. The van der Waals surface area contributed by atoms with E-state index in [-0.39, 0.29) is 0 Å². The highest BCUT2D eigenvalue weighted by molar-refractivity contribution is 4.97. The maximum Gasteiger partial charge on any atom is 0.0949 e. The number of imidazole rings is 1. The summed E-state index contributed by atoms with van der Waals surface area (Å²) in [5.41, 5.74) is 6.75. The molecule has 0 saturated carbocycles. The third-order valence-corrected chi connectivity index (χ3v) is 2.93. The number of hydrogen-bond acceptors (Lipinski definition) is 3. The standard InChI is InChI=1S/C12H24N4/c1-10(2)16(11(3)4)6-5-15-9-14-8-12(15)7-13/h8-11H,5-7,13H2,1-4H3. The molecule has 0 aromatic carbocycles. The zero-order chi connectivity index (χ0) is 12.1. The molecule has 0 bridgehead atoms. The summed E-state index contributed by atoms with van der Waals surface area (Å²) in [6.45, 7) is 11.5. The van der Waals surface area contributed by atoms with Gasteiger partial charge < -0.3 is 10.3 Å². The van der Waals surface area contributed by atoms with Crippen molar-refractivity contribution in [1.29, 1.82) is 0 Å². The second-order valence-electron chi connectivity index (χ2n) is 4.71. The van der Waals surface area contributed by atoms with E-state index in [4.69, 9.17) is 5.73 Å². The lowest BCUT2D eigenvalue weighted by molar-refractivity contribution is 0.168. The second kappa shape index (κ2) is 6.01. The fourth-order valence-corrected chi connectivity index (χ4v) is 2.06. The quantitative estimate of drug-likeness (QED) is 0.796. The van der Waals surface area contributed by atoms with Crippen molar-refractivity contribution in [2.45, 2.75) is 52.9 Å². The molecular formula is C12H24N4. The summed E-state index contributed by atoms with van der Waals surface area (Å²) in [4.78, 5) is 6.60. The van der Waals surface area contributed by atoms with Crippen LogP contribution in [0.5, 0.6) is 0 Å². The Balaban J connectivity index is 2.55. The first-order chi connectivity index (χ1) is 7.56. The van der Waals surface area contributed by atoms with E-state index < -0.39 is 0 Å². The first kappa shape index (κ1) is 13.2. The van der Waals surface area contributed by atoms with E-state index in [9.17, 15) is 0 Å². The van der Waals surface area contributed by atoms with Crippen molar-refractivity contribution >= 4 is 0 Å². The number of nitrogens with two attached hydrogens (primary N) is 1. The number of hydrogen-bond donors (Lipinski definition) is 1. The SMILES string of the molecule is CC(C)N(CCn1cncc1CN)C(C)C. The molecule has 0 amide bonds. The largest absolute Gasteiger partial charge is 0.332 e. The smallest absolute Gasteiger partial charge is 0.0949 e. The van der Waals surface area contributed by atoms with E-state index in [1.54, 1.807) is 0 Å². The van der Waals surface area contributed by atoms with E-state index in [2.05, 4.69) is 42.1 Å². The van der Waals surface area contributed by atoms with Crippen LogP contribution < -0.4 is 5.73 Å². The molecule has 0 atom stereocenters. The minimum atomic E-state index is 0.559. The van der Waals surface area contributed by atoms with Gasteiger partial charge in [-0.3, -0.25) is 4.90 Å². The van der Waals surface area contributed by atoms with Crippen molar-refractivity contribution < 1.29 is 0 Å². The zero-order valence-corrected chi connectivity index (χ0v) is 10.8. The van der Waals surface area contributed by atoms with Crippen molar-refractivity contribution in [2.24, 2.45) is 5.73 Å². The molecule has 0 unspecified atom stereocenters. The Labute approximate surface area is 98.5 Å². The van der Waals surface area contributed by atoms with Crippen LogP contribution >= 0.6 is 0 Å². The van der Waals surface area contributed by atoms with Gasteiger partial charge in [-0.25, -0.2) is 4.98 Å². The molecule has 1 aromatic heterocycles. The van der Waals surface area contributed by atoms with Gasteiger partial charge in [0.1, 0.15) is 0 Å². The predicted molar refractivity (Wildman–Crippen MR) is 67.1 cm³/mol. The molecule has 16 heavy (non-hydrogen) atoms. The van der Waals surface area contributed by atoms with Gasteiger partial charge in [0, 0.05) is 37.9 Å². The number of aromatic nitrogens is 2.